The number of ether oxygens (including phenoxy) is 3. The van der Waals surface area contributed by atoms with Crippen LogP contribution in [0.5, 0.6) is 5.75 Å². The highest BCUT2D eigenvalue weighted by Gasteiger charge is 2.14. The molecule has 0 fully saturated rings. The quantitative estimate of drug-likeness (QED) is 0.611. The zero-order chi connectivity index (χ0) is 12.8. The van der Waals surface area contributed by atoms with E-state index in [1.165, 1.54) is 26.4 Å². The fourth-order valence-electron chi connectivity index (χ4n) is 1.14. The number of carbonyl (C=O) groups excluding carboxylic acids is 2. The zero-order valence-electron chi connectivity index (χ0n) is 9.56. The third-order valence-electron chi connectivity index (χ3n) is 1.98. The smallest absolute Gasteiger partial charge is 0.343 e. The average Bonchev–Trinajstić information content (AvgIpc) is 2.35. The lowest BCUT2D eigenvalue weighted by molar-refractivity contribution is -0.142. The number of hydrogen-bond donors (Lipinski definition) is 1. The molecule has 0 aliphatic rings. The standard InChI is InChI=1S/C11H13NO5/c1-15-10(13)6-17-9-4-3-7(12)5-8(9)11(14)16-2/h3-5H,6,12H2,1-2H3. The Morgan fingerprint density at radius 2 is 1.94 bits per heavy atom. The third-order valence-corrected chi connectivity index (χ3v) is 1.98. The Morgan fingerprint density at radius 3 is 2.53 bits per heavy atom. The lowest BCUT2D eigenvalue weighted by Gasteiger charge is -2.09. The van der Waals surface area contributed by atoms with Crippen molar-refractivity contribution in [3.8, 4) is 5.75 Å². The van der Waals surface area contributed by atoms with Crippen LogP contribution >= 0.6 is 0 Å². The number of hydrogen-bond acceptors (Lipinski definition) is 6. The molecule has 0 saturated carbocycles. The fourth-order valence-corrected chi connectivity index (χ4v) is 1.14. The summed E-state index contributed by atoms with van der Waals surface area (Å²) in [7, 11) is 2.49. The van der Waals surface area contributed by atoms with E-state index in [9.17, 15) is 9.59 Å². The van der Waals surface area contributed by atoms with Gasteiger partial charge in [-0.15, -0.1) is 0 Å². The molecule has 0 aliphatic heterocycles. The van der Waals surface area contributed by atoms with Crippen LogP contribution in [0.15, 0.2) is 18.2 Å². The Labute approximate surface area is 98.3 Å². The number of anilines is 1. The van der Waals surface area contributed by atoms with Crippen LogP contribution < -0.4 is 10.5 Å². The molecule has 0 spiro atoms. The molecule has 1 rings (SSSR count). The van der Waals surface area contributed by atoms with E-state index in [-0.39, 0.29) is 17.9 Å². The van der Waals surface area contributed by atoms with Gasteiger partial charge in [0, 0.05) is 5.69 Å². The van der Waals surface area contributed by atoms with Crippen molar-refractivity contribution >= 4 is 17.6 Å². The summed E-state index contributed by atoms with van der Waals surface area (Å²) in [6, 6.07) is 4.46. The van der Waals surface area contributed by atoms with E-state index in [1.807, 2.05) is 0 Å². The van der Waals surface area contributed by atoms with Crippen LogP contribution in [0, 0.1) is 0 Å². The second-order valence-corrected chi connectivity index (χ2v) is 3.11. The van der Waals surface area contributed by atoms with Gasteiger partial charge in [0.05, 0.1) is 14.2 Å². The van der Waals surface area contributed by atoms with Crippen molar-refractivity contribution in [1.29, 1.82) is 0 Å². The van der Waals surface area contributed by atoms with Crippen molar-refractivity contribution in [2.75, 3.05) is 26.6 Å². The second kappa shape index (κ2) is 5.74. The van der Waals surface area contributed by atoms with Crippen LogP contribution in [0.3, 0.4) is 0 Å². The van der Waals surface area contributed by atoms with Gasteiger partial charge in [-0.3, -0.25) is 0 Å². The van der Waals surface area contributed by atoms with Crippen molar-refractivity contribution in [1.82, 2.24) is 0 Å². The van der Waals surface area contributed by atoms with Crippen LogP contribution in [0.2, 0.25) is 0 Å². The summed E-state index contributed by atoms with van der Waals surface area (Å²) in [6.07, 6.45) is 0. The minimum atomic E-state index is -0.586. The Hall–Kier alpha value is -2.24. The van der Waals surface area contributed by atoms with Crippen LogP contribution in [0.25, 0.3) is 0 Å². The molecule has 1 aromatic carbocycles. The molecule has 0 atom stereocenters. The second-order valence-electron chi connectivity index (χ2n) is 3.11. The van der Waals surface area contributed by atoms with Gasteiger partial charge in [-0.05, 0) is 18.2 Å². The number of methoxy groups -OCH3 is 2. The number of nitrogen functional groups attached to an aromatic ring is 1. The van der Waals surface area contributed by atoms with Crippen LogP contribution in [-0.2, 0) is 14.3 Å². The van der Waals surface area contributed by atoms with E-state index >= 15 is 0 Å². The number of esters is 2. The highest BCUT2D eigenvalue weighted by molar-refractivity contribution is 5.93. The molecule has 92 valence electrons. The fraction of sp³-hybridized carbons (Fsp3) is 0.273. The van der Waals surface area contributed by atoms with Gasteiger partial charge in [-0.2, -0.15) is 0 Å². The Balaban J connectivity index is 2.90. The van der Waals surface area contributed by atoms with E-state index in [2.05, 4.69) is 9.47 Å². The largest absolute Gasteiger partial charge is 0.481 e. The first-order valence-electron chi connectivity index (χ1n) is 4.76. The monoisotopic (exact) mass is 239 g/mol. The van der Waals surface area contributed by atoms with E-state index < -0.39 is 11.9 Å². The molecule has 6 heteroatoms. The summed E-state index contributed by atoms with van der Waals surface area (Å²) < 4.78 is 14.1. The van der Waals surface area contributed by atoms with Crippen LogP contribution in [0.1, 0.15) is 10.4 Å². The van der Waals surface area contributed by atoms with Gasteiger partial charge in [0.25, 0.3) is 0 Å². The molecule has 0 aromatic heterocycles. The van der Waals surface area contributed by atoms with E-state index in [0.717, 1.165) is 0 Å². The molecule has 0 bridgehead atoms. The molecule has 6 nitrogen and oxygen atoms in total. The molecule has 0 amide bonds. The molecular weight excluding hydrogens is 226 g/mol. The molecule has 0 unspecified atom stereocenters. The van der Waals surface area contributed by atoms with Gasteiger partial charge in [0.15, 0.2) is 6.61 Å². The molecule has 0 heterocycles. The molecule has 0 aliphatic carbocycles. The molecule has 17 heavy (non-hydrogen) atoms. The van der Waals surface area contributed by atoms with E-state index in [0.29, 0.717) is 5.69 Å². The maximum Gasteiger partial charge on any atom is 0.343 e. The number of carbonyl (C=O) groups is 2. The summed E-state index contributed by atoms with van der Waals surface area (Å²) >= 11 is 0. The summed E-state index contributed by atoms with van der Waals surface area (Å²) in [5.74, 6) is -0.911. The van der Waals surface area contributed by atoms with Crippen molar-refractivity contribution in [2.24, 2.45) is 0 Å². The minimum absolute atomic E-state index is 0.163. The molecule has 1 aromatic rings. The lowest BCUT2D eigenvalue weighted by Crippen LogP contribution is -2.14. The van der Waals surface area contributed by atoms with Crippen molar-refractivity contribution in [3.05, 3.63) is 23.8 Å². The van der Waals surface area contributed by atoms with Gasteiger partial charge < -0.3 is 19.9 Å². The maximum absolute atomic E-state index is 11.4. The van der Waals surface area contributed by atoms with Crippen molar-refractivity contribution < 1.29 is 23.8 Å². The Bertz CT molecular complexity index is 430. The highest BCUT2D eigenvalue weighted by atomic mass is 16.6. The first kappa shape index (κ1) is 12.8. The van der Waals surface area contributed by atoms with E-state index in [1.54, 1.807) is 6.07 Å². The third kappa shape index (κ3) is 3.37. The average molecular weight is 239 g/mol. The normalized spacial score (nSPS) is 9.53. The predicted octanol–water partition coefficient (Wildman–Crippen LogP) is 0.607. The summed E-state index contributed by atoms with van der Waals surface area (Å²) in [5.41, 5.74) is 6.11. The van der Waals surface area contributed by atoms with Gasteiger partial charge in [-0.25, -0.2) is 9.59 Å². The van der Waals surface area contributed by atoms with Gasteiger partial charge in [0.1, 0.15) is 11.3 Å². The summed E-state index contributed by atoms with van der Waals surface area (Å²) in [6.45, 7) is -0.287. The van der Waals surface area contributed by atoms with Crippen molar-refractivity contribution in [2.45, 2.75) is 0 Å². The topological polar surface area (TPSA) is 87.9 Å². The zero-order valence-corrected chi connectivity index (χ0v) is 9.56. The number of nitrogens with two attached hydrogens (primary N) is 1. The summed E-state index contributed by atoms with van der Waals surface area (Å²) in [4.78, 5) is 22.3. The minimum Gasteiger partial charge on any atom is -0.481 e. The first-order valence-corrected chi connectivity index (χ1v) is 4.76. The number of rotatable bonds is 4. The Morgan fingerprint density at radius 1 is 1.24 bits per heavy atom. The molecular formula is C11H13NO5. The Kier molecular flexibility index (Phi) is 4.33. The first-order chi connectivity index (χ1) is 8.08. The predicted molar refractivity (Wildman–Crippen MR) is 59.7 cm³/mol. The van der Waals surface area contributed by atoms with E-state index in [4.69, 9.17) is 10.5 Å². The maximum atomic E-state index is 11.4. The van der Waals surface area contributed by atoms with Gasteiger partial charge >= 0.3 is 11.9 Å². The molecule has 0 saturated heterocycles. The summed E-state index contributed by atoms with van der Waals surface area (Å²) in [5, 5.41) is 0. The highest BCUT2D eigenvalue weighted by Crippen LogP contribution is 2.22. The van der Waals surface area contributed by atoms with Crippen LogP contribution in [-0.4, -0.2) is 32.8 Å². The van der Waals surface area contributed by atoms with Gasteiger partial charge in [0.2, 0.25) is 0 Å². The SMILES string of the molecule is COC(=O)COc1ccc(N)cc1C(=O)OC. The lowest BCUT2D eigenvalue weighted by atomic mass is 10.2. The number of benzene rings is 1. The molecule has 2 N–H and O–H groups in total. The van der Waals surface area contributed by atoms with Crippen LogP contribution in [0.4, 0.5) is 5.69 Å². The van der Waals surface area contributed by atoms with Crippen molar-refractivity contribution in [3.63, 3.8) is 0 Å². The van der Waals surface area contributed by atoms with Gasteiger partial charge in [-0.1, -0.05) is 0 Å². The molecule has 0 radical (unpaired) electrons.